The highest BCUT2D eigenvalue weighted by Crippen LogP contribution is 1.84. The molecule has 0 spiro atoms. The molecular weight excluding hydrogens is 140 g/mol. The molecule has 0 aliphatic heterocycles. The van der Waals surface area contributed by atoms with Crippen molar-refractivity contribution in [1.82, 2.24) is 10.2 Å². The maximum absolute atomic E-state index is 10.4. The van der Waals surface area contributed by atoms with Crippen LogP contribution in [0.5, 0.6) is 0 Å². The molecule has 0 aromatic carbocycles. The summed E-state index contributed by atoms with van der Waals surface area (Å²) in [4.78, 5) is 12.2. The van der Waals surface area contributed by atoms with Gasteiger partial charge < -0.3 is 10.2 Å². The Labute approximate surface area is 68.8 Å². The van der Waals surface area contributed by atoms with Gasteiger partial charge in [-0.1, -0.05) is 13.8 Å². The molecule has 1 amide bonds. The van der Waals surface area contributed by atoms with E-state index in [1.54, 1.807) is 4.90 Å². The molecule has 0 radical (unpaired) electrons. The molecule has 0 aliphatic rings. The molecular formula is C8H18N2O. The van der Waals surface area contributed by atoms with Gasteiger partial charge in [-0.3, -0.25) is 4.79 Å². The monoisotopic (exact) mass is 158 g/mol. The van der Waals surface area contributed by atoms with E-state index in [1.807, 2.05) is 0 Å². The second-order valence-electron chi connectivity index (χ2n) is 2.49. The standard InChI is InChI=1S/C8H18N2O/c1-3-6-10(8-11)7-5-9-4-2/h8-9H,3-7H2,1-2H3. The van der Waals surface area contributed by atoms with Gasteiger partial charge in [0.25, 0.3) is 0 Å². The summed E-state index contributed by atoms with van der Waals surface area (Å²) in [6.07, 6.45) is 1.95. The first-order valence-electron chi connectivity index (χ1n) is 4.25. The van der Waals surface area contributed by atoms with Gasteiger partial charge in [0.1, 0.15) is 0 Å². The fraction of sp³-hybridized carbons (Fsp3) is 0.875. The molecule has 0 saturated carbocycles. The molecule has 3 nitrogen and oxygen atoms in total. The van der Waals surface area contributed by atoms with Gasteiger partial charge in [0.05, 0.1) is 0 Å². The third-order valence-corrected chi connectivity index (χ3v) is 1.49. The molecule has 0 aromatic heterocycles. The Kier molecular flexibility index (Phi) is 7.15. The smallest absolute Gasteiger partial charge is 0.209 e. The lowest BCUT2D eigenvalue weighted by Crippen LogP contribution is -2.31. The quantitative estimate of drug-likeness (QED) is 0.431. The van der Waals surface area contributed by atoms with Crippen LogP contribution >= 0.6 is 0 Å². The number of nitrogens with zero attached hydrogens (tertiary/aromatic N) is 1. The zero-order chi connectivity index (χ0) is 8.53. The molecule has 11 heavy (non-hydrogen) atoms. The van der Waals surface area contributed by atoms with Crippen molar-refractivity contribution in [3.8, 4) is 0 Å². The summed E-state index contributed by atoms with van der Waals surface area (Å²) in [7, 11) is 0. The number of hydrogen-bond acceptors (Lipinski definition) is 2. The minimum Gasteiger partial charge on any atom is -0.344 e. The number of carbonyl (C=O) groups is 1. The Morgan fingerprint density at radius 3 is 2.55 bits per heavy atom. The number of hydrogen-bond donors (Lipinski definition) is 1. The minimum absolute atomic E-state index is 0.825. The molecule has 0 atom stereocenters. The van der Waals surface area contributed by atoms with Crippen LogP contribution in [-0.2, 0) is 4.79 Å². The van der Waals surface area contributed by atoms with E-state index in [0.29, 0.717) is 0 Å². The lowest BCUT2D eigenvalue weighted by molar-refractivity contribution is -0.118. The molecule has 0 aliphatic carbocycles. The van der Waals surface area contributed by atoms with E-state index in [-0.39, 0.29) is 0 Å². The Hall–Kier alpha value is -0.570. The second kappa shape index (κ2) is 7.54. The Morgan fingerprint density at radius 1 is 1.36 bits per heavy atom. The number of rotatable bonds is 7. The van der Waals surface area contributed by atoms with Crippen LogP contribution in [0.3, 0.4) is 0 Å². The van der Waals surface area contributed by atoms with Crippen LogP contribution in [0, 0.1) is 0 Å². The largest absolute Gasteiger partial charge is 0.344 e. The predicted molar refractivity (Wildman–Crippen MR) is 46.5 cm³/mol. The molecule has 0 rings (SSSR count). The zero-order valence-corrected chi connectivity index (χ0v) is 7.47. The van der Waals surface area contributed by atoms with Crippen molar-refractivity contribution >= 4 is 6.41 Å². The van der Waals surface area contributed by atoms with Crippen LogP contribution in [0.2, 0.25) is 0 Å². The first kappa shape index (κ1) is 10.4. The predicted octanol–water partition coefficient (Wildman–Crippen LogP) is 0.464. The molecule has 1 N–H and O–H groups in total. The number of nitrogens with one attached hydrogen (secondary N) is 1. The minimum atomic E-state index is 0.825. The lowest BCUT2D eigenvalue weighted by atomic mass is 10.4. The van der Waals surface area contributed by atoms with Crippen molar-refractivity contribution in [3.05, 3.63) is 0 Å². The van der Waals surface area contributed by atoms with E-state index in [2.05, 4.69) is 19.2 Å². The molecule has 0 fully saturated rings. The molecule has 3 heteroatoms. The van der Waals surface area contributed by atoms with Crippen LogP contribution < -0.4 is 5.32 Å². The number of likely N-dealkylation sites (N-methyl/N-ethyl adjacent to an activating group) is 1. The van der Waals surface area contributed by atoms with Gasteiger partial charge in [0.15, 0.2) is 0 Å². The van der Waals surface area contributed by atoms with Gasteiger partial charge in [-0.2, -0.15) is 0 Å². The summed E-state index contributed by atoms with van der Waals surface area (Å²) in [5.74, 6) is 0. The maximum Gasteiger partial charge on any atom is 0.209 e. The van der Waals surface area contributed by atoms with Gasteiger partial charge in [-0.25, -0.2) is 0 Å². The Bertz CT molecular complexity index is 96.1. The highest BCUT2D eigenvalue weighted by molar-refractivity contribution is 5.46. The van der Waals surface area contributed by atoms with Crippen molar-refractivity contribution in [3.63, 3.8) is 0 Å². The first-order chi connectivity index (χ1) is 5.35. The zero-order valence-electron chi connectivity index (χ0n) is 7.47. The van der Waals surface area contributed by atoms with Crippen LogP contribution in [0.15, 0.2) is 0 Å². The van der Waals surface area contributed by atoms with Gasteiger partial charge in [-0.15, -0.1) is 0 Å². The normalized spacial score (nSPS) is 9.64. The summed E-state index contributed by atoms with van der Waals surface area (Å²) >= 11 is 0. The fourth-order valence-corrected chi connectivity index (χ4v) is 0.904. The number of carbonyl (C=O) groups excluding carboxylic acids is 1. The average Bonchev–Trinajstić information content (AvgIpc) is 2.03. The first-order valence-corrected chi connectivity index (χ1v) is 4.25. The van der Waals surface area contributed by atoms with Crippen molar-refractivity contribution in [2.75, 3.05) is 26.2 Å². The maximum atomic E-state index is 10.4. The molecule has 0 saturated heterocycles. The summed E-state index contributed by atoms with van der Waals surface area (Å²) in [5, 5.41) is 3.17. The molecule has 0 aromatic rings. The highest BCUT2D eigenvalue weighted by Gasteiger charge is 1.96. The topological polar surface area (TPSA) is 32.3 Å². The van der Waals surface area contributed by atoms with Crippen molar-refractivity contribution < 1.29 is 4.79 Å². The van der Waals surface area contributed by atoms with Crippen LogP contribution in [-0.4, -0.2) is 37.5 Å². The van der Waals surface area contributed by atoms with E-state index in [1.165, 1.54) is 0 Å². The van der Waals surface area contributed by atoms with Crippen LogP contribution in [0.1, 0.15) is 20.3 Å². The van der Waals surface area contributed by atoms with Crippen molar-refractivity contribution in [2.24, 2.45) is 0 Å². The average molecular weight is 158 g/mol. The summed E-state index contributed by atoms with van der Waals surface area (Å²) in [5.41, 5.74) is 0. The fourth-order valence-electron chi connectivity index (χ4n) is 0.904. The van der Waals surface area contributed by atoms with Crippen LogP contribution in [0.25, 0.3) is 0 Å². The SMILES string of the molecule is CCCN(C=O)CCNCC. The summed E-state index contributed by atoms with van der Waals surface area (Å²) in [6, 6.07) is 0. The third kappa shape index (κ3) is 5.85. The lowest BCUT2D eigenvalue weighted by Gasteiger charge is -2.15. The molecule has 0 bridgehead atoms. The van der Waals surface area contributed by atoms with Gasteiger partial charge in [0, 0.05) is 19.6 Å². The van der Waals surface area contributed by atoms with E-state index in [4.69, 9.17) is 0 Å². The van der Waals surface area contributed by atoms with E-state index < -0.39 is 0 Å². The Balaban J connectivity index is 3.28. The van der Waals surface area contributed by atoms with Crippen molar-refractivity contribution in [2.45, 2.75) is 20.3 Å². The molecule has 0 heterocycles. The molecule has 66 valence electrons. The van der Waals surface area contributed by atoms with Gasteiger partial charge >= 0.3 is 0 Å². The van der Waals surface area contributed by atoms with Gasteiger partial charge in [0.2, 0.25) is 6.41 Å². The Morgan fingerprint density at radius 2 is 2.09 bits per heavy atom. The van der Waals surface area contributed by atoms with E-state index in [9.17, 15) is 4.79 Å². The second-order valence-corrected chi connectivity index (χ2v) is 2.49. The van der Waals surface area contributed by atoms with E-state index in [0.717, 1.165) is 39.0 Å². The van der Waals surface area contributed by atoms with Gasteiger partial charge in [-0.05, 0) is 13.0 Å². The number of amides is 1. The molecule has 0 unspecified atom stereocenters. The summed E-state index contributed by atoms with van der Waals surface area (Å²) in [6.45, 7) is 7.70. The van der Waals surface area contributed by atoms with Crippen molar-refractivity contribution in [1.29, 1.82) is 0 Å². The third-order valence-electron chi connectivity index (χ3n) is 1.49. The summed E-state index contributed by atoms with van der Waals surface area (Å²) < 4.78 is 0. The van der Waals surface area contributed by atoms with Crippen LogP contribution in [0.4, 0.5) is 0 Å². The highest BCUT2D eigenvalue weighted by atomic mass is 16.1. The van der Waals surface area contributed by atoms with E-state index >= 15 is 0 Å².